The van der Waals surface area contributed by atoms with Crippen molar-refractivity contribution in [2.45, 2.75) is 110 Å². The summed E-state index contributed by atoms with van der Waals surface area (Å²) < 4.78 is 1.12. The van der Waals surface area contributed by atoms with Crippen molar-refractivity contribution in [1.82, 2.24) is 0 Å². The van der Waals surface area contributed by atoms with Gasteiger partial charge in [-0.05, 0) is 12.8 Å². The number of aliphatic hydroxyl groups excluding tert-OH is 2. The van der Waals surface area contributed by atoms with E-state index in [4.69, 9.17) is 10.2 Å². The van der Waals surface area contributed by atoms with Crippen molar-refractivity contribution < 1.29 is 27.1 Å². The van der Waals surface area contributed by atoms with Gasteiger partial charge in [-0.2, -0.15) is 0 Å². The van der Waals surface area contributed by atoms with Crippen LogP contribution in [0.25, 0.3) is 0 Å². The normalized spacial score (nSPS) is 10.9. The summed E-state index contributed by atoms with van der Waals surface area (Å²) in [5, 5.41) is 15.2. The van der Waals surface area contributed by atoms with Crippen molar-refractivity contribution >= 4 is 0 Å². The van der Waals surface area contributed by atoms with Crippen LogP contribution in [0.3, 0.4) is 0 Å². The molecule has 0 aliphatic heterocycles. The van der Waals surface area contributed by atoms with E-state index < -0.39 is 0 Å². The fourth-order valence-corrected chi connectivity index (χ4v) is 3.13. The average molecular weight is 410 g/mol. The van der Waals surface area contributed by atoms with Crippen LogP contribution in [0.5, 0.6) is 0 Å². The van der Waals surface area contributed by atoms with Gasteiger partial charge in [0.2, 0.25) is 0 Å². The molecule has 3 nitrogen and oxygen atoms in total. The lowest BCUT2D eigenvalue weighted by Gasteiger charge is -2.23. The van der Waals surface area contributed by atoms with E-state index in [1.165, 1.54) is 109 Å². The fourth-order valence-electron chi connectivity index (χ4n) is 3.13. The molecule has 0 atom stereocenters. The van der Waals surface area contributed by atoms with Crippen LogP contribution in [-0.2, 0) is 0 Å². The number of hydrogen-bond acceptors (Lipinski definition) is 2. The molecule has 27 heavy (non-hydrogen) atoms. The van der Waals surface area contributed by atoms with Gasteiger partial charge in [0.05, 0.1) is 40.9 Å². The SMILES string of the molecule is CCCCCCCCCCCCCCCCCC[N+](C)(C)C.OCCO.[Cl-]. The van der Waals surface area contributed by atoms with E-state index in [0.717, 1.165) is 4.48 Å². The van der Waals surface area contributed by atoms with Crippen LogP contribution in [0, 0.1) is 0 Å². The van der Waals surface area contributed by atoms with Gasteiger partial charge in [-0.25, -0.2) is 0 Å². The maximum Gasteiger partial charge on any atom is 0.0780 e. The van der Waals surface area contributed by atoms with Crippen LogP contribution in [0.1, 0.15) is 110 Å². The summed E-state index contributed by atoms with van der Waals surface area (Å²) in [6.07, 6.45) is 23.4. The molecule has 0 unspecified atom stereocenters. The van der Waals surface area contributed by atoms with Gasteiger partial charge in [0, 0.05) is 0 Å². The summed E-state index contributed by atoms with van der Waals surface area (Å²) >= 11 is 0. The summed E-state index contributed by atoms with van der Waals surface area (Å²) in [6.45, 7) is 3.38. The quantitative estimate of drug-likeness (QED) is 0.270. The highest BCUT2D eigenvalue weighted by Crippen LogP contribution is 2.13. The third-order valence-corrected chi connectivity index (χ3v) is 4.78. The second-order valence-corrected chi connectivity index (χ2v) is 8.76. The molecule has 0 bridgehead atoms. The van der Waals surface area contributed by atoms with Crippen LogP contribution in [0.4, 0.5) is 0 Å². The second-order valence-electron chi connectivity index (χ2n) is 8.76. The van der Waals surface area contributed by atoms with E-state index in [9.17, 15) is 0 Å². The van der Waals surface area contributed by atoms with E-state index in [-0.39, 0.29) is 25.6 Å². The highest BCUT2D eigenvalue weighted by atomic mass is 35.5. The molecule has 0 aliphatic carbocycles. The molecule has 0 saturated heterocycles. The average Bonchev–Trinajstić information content (AvgIpc) is 2.60. The molecular weight excluding hydrogens is 358 g/mol. The first-order valence-electron chi connectivity index (χ1n) is 11.5. The van der Waals surface area contributed by atoms with Gasteiger partial charge in [0.1, 0.15) is 0 Å². The van der Waals surface area contributed by atoms with Crippen LogP contribution in [-0.4, -0.2) is 55.6 Å². The van der Waals surface area contributed by atoms with Crippen LogP contribution >= 0.6 is 0 Å². The molecule has 0 spiro atoms. The number of aliphatic hydroxyl groups is 2. The molecule has 0 aromatic carbocycles. The standard InChI is InChI=1S/C21H46N.C2H6O2.ClH/c1-5-6-7-8-9-10-11-12-13-14-15-16-17-18-19-20-21-22(2,3)4;3-1-2-4;/h5-21H2,1-4H3;3-4H,1-2H2;1H/q+1;;/p-1. The summed E-state index contributed by atoms with van der Waals surface area (Å²) in [7, 11) is 6.89. The Labute approximate surface area is 177 Å². The minimum Gasteiger partial charge on any atom is -1.00 e. The Bertz CT molecular complexity index is 243. The van der Waals surface area contributed by atoms with E-state index in [1.807, 2.05) is 0 Å². The monoisotopic (exact) mass is 409 g/mol. The van der Waals surface area contributed by atoms with E-state index in [0.29, 0.717) is 0 Å². The van der Waals surface area contributed by atoms with Crippen LogP contribution < -0.4 is 12.4 Å². The minimum atomic E-state index is -0.125. The summed E-state index contributed by atoms with van der Waals surface area (Å²) in [5.41, 5.74) is 0. The first-order chi connectivity index (χ1) is 12.5. The van der Waals surface area contributed by atoms with Gasteiger partial charge in [0.15, 0.2) is 0 Å². The lowest BCUT2D eigenvalue weighted by atomic mass is 10.0. The lowest BCUT2D eigenvalue weighted by Crippen LogP contribution is -3.00. The molecule has 0 aromatic rings. The Morgan fingerprint density at radius 3 is 0.963 bits per heavy atom. The smallest absolute Gasteiger partial charge is 0.0780 e. The summed E-state index contributed by atoms with van der Waals surface area (Å²) in [6, 6.07) is 0. The first-order valence-corrected chi connectivity index (χ1v) is 11.5. The molecule has 0 heterocycles. The Kier molecular flexibility index (Phi) is 30.9. The molecule has 0 aliphatic rings. The predicted molar refractivity (Wildman–Crippen MR) is 117 cm³/mol. The van der Waals surface area contributed by atoms with Crippen LogP contribution in [0.15, 0.2) is 0 Å². The Morgan fingerprint density at radius 1 is 0.481 bits per heavy atom. The zero-order valence-electron chi connectivity index (χ0n) is 19.2. The first kappa shape index (κ1) is 31.9. The highest BCUT2D eigenvalue weighted by Gasteiger charge is 2.04. The Hall–Kier alpha value is 0.170. The van der Waals surface area contributed by atoms with Gasteiger partial charge >= 0.3 is 0 Å². The fraction of sp³-hybridized carbons (Fsp3) is 1.00. The number of nitrogens with zero attached hydrogens (tertiary/aromatic N) is 1. The summed E-state index contributed by atoms with van der Waals surface area (Å²) in [4.78, 5) is 0. The van der Waals surface area contributed by atoms with Crippen molar-refractivity contribution in [3.63, 3.8) is 0 Å². The molecule has 2 N–H and O–H groups in total. The summed E-state index contributed by atoms with van der Waals surface area (Å²) in [5.74, 6) is 0. The van der Waals surface area contributed by atoms with Crippen molar-refractivity contribution in [1.29, 1.82) is 0 Å². The van der Waals surface area contributed by atoms with E-state index in [2.05, 4.69) is 28.1 Å². The van der Waals surface area contributed by atoms with Crippen molar-refractivity contribution in [2.75, 3.05) is 40.9 Å². The van der Waals surface area contributed by atoms with Gasteiger partial charge < -0.3 is 27.1 Å². The van der Waals surface area contributed by atoms with Gasteiger partial charge in [0.25, 0.3) is 0 Å². The molecular formula is C23H52ClNO2. The Balaban J connectivity index is -0.00000104. The maximum atomic E-state index is 7.62. The Morgan fingerprint density at radius 2 is 0.741 bits per heavy atom. The third-order valence-electron chi connectivity index (χ3n) is 4.78. The van der Waals surface area contributed by atoms with Crippen molar-refractivity contribution in [3.8, 4) is 0 Å². The van der Waals surface area contributed by atoms with E-state index in [1.54, 1.807) is 0 Å². The molecule has 4 heteroatoms. The number of hydrogen-bond donors (Lipinski definition) is 2. The minimum absolute atomic E-state index is 0. The molecule has 0 aromatic heterocycles. The number of quaternary nitrogens is 1. The molecule has 168 valence electrons. The van der Waals surface area contributed by atoms with E-state index >= 15 is 0 Å². The predicted octanol–water partition coefficient (Wildman–Crippen LogP) is 2.93. The lowest BCUT2D eigenvalue weighted by molar-refractivity contribution is -0.870. The topological polar surface area (TPSA) is 40.5 Å². The number of halogens is 1. The van der Waals surface area contributed by atoms with Gasteiger partial charge in [-0.15, -0.1) is 0 Å². The molecule has 0 fully saturated rings. The highest BCUT2D eigenvalue weighted by molar-refractivity contribution is 4.49. The van der Waals surface area contributed by atoms with Crippen LogP contribution in [0.2, 0.25) is 0 Å². The van der Waals surface area contributed by atoms with Crippen molar-refractivity contribution in [3.05, 3.63) is 0 Å². The third kappa shape index (κ3) is 37.6. The molecule has 0 radical (unpaired) electrons. The van der Waals surface area contributed by atoms with Gasteiger partial charge in [-0.3, -0.25) is 0 Å². The molecule has 0 saturated carbocycles. The number of unbranched alkanes of at least 4 members (excludes halogenated alkanes) is 15. The zero-order valence-corrected chi connectivity index (χ0v) is 19.9. The van der Waals surface area contributed by atoms with Crippen molar-refractivity contribution in [2.24, 2.45) is 0 Å². The largest absolute Gasteiger partial charge is 1.00 e. The molecule has 0 amide bonds. The molecule has 0 rings (SSSR count). The zero-order chi connectivity index (χ0) is 19.9. The maximum absolute atomic E-state index is 7.62. The second kappa shape index (κ2) is 26.2. The van der Waals surface area contributed by atoms with Gasteiger partial charge in [-0.1, -0.05) is 96.8 Å². The number of rotatable bonds is 18.